The van der Waals surface area contributed by atoms with Crippen molar-refractivity contribution in [1.29, 1.82) is 0 Å². The highest BCUT2D eigenvalue weighted by molar-refractivity contribution is 5.51. The summed E-state index contributed by atoms with van der Waals surface area (Å²) in [6.07, 6.45) is -3.22. The third-order valence-corrected chi connectivity index (χ3v) is 2.84. The molecular formula is C13H14F3N3O. The number of aromatic nitrogens is 2. The normalized spacial score (nSPS) is 13.3. The molecule has 0 aliphatic rings. The Labute approximate surface area is 114 Å². The van der Waals surface area contributed by atoms with Crippen molar-refractivity contribution >= 4 is 0 Å². The molecule has 2 aromatic rings. The van der Waals surface area contributed by atoms with Crippen LogP contribution in [0.2, 0.25) is 0 Å². The fraction of sp³-hybridized carbons (Fsp3) is 0.308. The molecule has 2 rings (SSSR count). The van der Waals surface area contributed by atoms with Crippen molar-refractivity contribution in [2.24, 2.45) is 5.73 Å². The molecule has 1 heterocycles. The number of rotatable bonds is 3. The standard InChI is InChI=1S/C13H14F3N3O/c1-8(17)12-9(4-3-5-10(12)20-2)19-7-6-11(18-19)13(14,15)16/h3-8H,17H2,1-2H3. The van der Waals surface area contributed by atoms with Crippen molar-refractivity contribution in [3.05, 3.63) is 41.7 Å². The number of ether oxygens (including phenoxy) is 1. The lowest BCUT2D eigenvalue weighted by atomic mass is 10.1. The fourth-order valence-electron chi connectivity index (χ4n) is 1.98. The summed E-state index contributed by atoms with van der Waals surface area (Å²) < 4.78 is 44.1. The van der Waals surface area contributed by atoms with E-state index in [4.69, 9.17) is 10.5 Å². The molecule has 0 amide bonds. The van der Waals surface area contributed by atoms with Gasteiger partial charge < -0.3 is 10.5 Å². The van der Waals surface area contributed by atoms with E-state index in [0.717, 1.165) is 10.7 Å². The molecule has 1 unspecified atom stereocenters. The number of nitrogens with two attached hydrogens (primary N) is 1. The van der Waals surface area contributed by atoms with E-state index in [1.165, 1.54) is 13.3 Å². The molecule has 7 heteroatoms. The number of methoxy groups -OCH3 is 1. The predicted octanol–water partition coefficient (Wildman–Crippen LogP) is 2.92. The van der Waals surface area contributed by atoms with Crippen LogP contribution in [0.25, 0.3) is 5.69 Å². The molecule has 0 bridgehead atoms. The van der Waals surface area contributed by atoms with Gasteiger partial charge in [0.2, 0.25) is 0 Å². The average molecular weight is 285 g/mol. The third-order valence-electron chi connectivity index (χ3n) is 2.84. The second kappa shape index (κ2) is 5.16. The van der Waals surface area contributed by atoms with Crippen molar-refractivity contribution in [3.8, 4) is 11.4 Å². The summed E-state index contributed by atoms with van der Waals surface area (Å²) in [6.45, 7) is 1.73. The summed E-state index contributed by atoms with van der Waals surface area (Å²) in [5.41, 5.74) is 6.00. The van der Waals surface area contributed by atoms with Crippen molar-refractivity contribution in [2.75, 3.05) is 7.11 Å². The molecule has 0 saturated heterocycles. The van der Waals surface area contributed by atoms with E-state index in [9.17, 15) is 13.2 Å². The smallest absolute Gasteiger partial charge is 0.435 e. The van der Waals surface area contributed by atoms with Crippen molar-refractivity contribution < 1.29 is 17.9 Å². The Kier molecular flexibility index (Phi) is 3.71. The number of hydrogen-bond donors (Lipinski definition) is 1. The van der Waals surface area contributed by atoms with Crippen LogP contribution in [0, 0.1) is 0 Å². The zero-order valence-electron chi connectivity index (χ0n) is 11.0. The van der Waals surface area contributed by atoms with Crippen LogP contribution < -0.4 is 10.5 Å². The maximum atomic E-state index is 12.6. The summed E-state index contributed by atoms with van der Waals surface area (Å²) in [5.74, 6) is 0.515. The van der Waals surface area contributed by atoms with Crippen LogP contribution in [0.15, 0.2) is 30.5 Å². The molecule has 1 aromatic carbocycles. The van der Waals surface area contributed by atoms with Gasteiger partial charge in [-0.05, 0) is 25.1 Å². The molecular weight excluding hydrogens is 271 g/mol. The lowest BCUT2D eigenvalue weighted by Crippen LogP contribution is -2.13. The van der Waals surface area contributed by atoms with Crippen molar-refractivity contribution in [3.63, 3.8) is 0 Å². The van der Waals surface area contributed by atoms with E-state index < -0.39 is 17.9 Å². The molecule has 2 N–H and O–H groups in total. The van der Waals surface area contributed by atoms with E-state index >= 15 is 0 Å². The van der Waals surface area contributed by atoms with E-state index in [1.807, 2.05) is 0 Å². The van der Waals surface area contributed by atoms with E-state index in [2.05, 4.69) is 5.10 Å². The van der Waals surface area contributed by atoms with Crippen LogP contribution in [-0.2, 0) is 6.18 Å². The van der Waals surface area contributed by atoms with Crippen LogP contribution >= 0.6 is 0 Å². The number of alkyl halides is 3. The van der Waals surface area contributed by atoms with Crippen LogP contribution in [0.1, 0.15) is 24.2 Å². The molecule has 0 aliphatic heterocycles. The molecule has 0 radical (unpaired) electrons. The first-order valence-corrected chi connectivity index (χ1v) is 5.90. The fourth-order valence-corrected chi connectivity index (χ4v) is 1.98. The maximum Gasteiger partial charge on any atom is 0.435 e. The molecule has 108 valence electrons. The van der Waals surface area contributed by atoms with Gasteiger partial charge in [-0.15, -0.1) is 0 Å². The summed E-state index contributed by atoms with van der Waals surface area (Å²) in [4.78, 5) is 0. The number of benzene rings is 1. The predicted molar refractivity (Wildman–Crippen MR) is 67.7 cm³/mol. The second-order valence-electron chi connectivity index (χ2n) is 4.33. The topological polar surface area (TPSA) is 53.1 Å². The Morgan fingerprint density at radius 3 is 2.50 bits per heavy atom. The van der Waals surface area contributed by atoms with Crippen LogP contribution in [-0.4, -0.2) is 16.9 Å². The SMILES string of the molecule is COc1cccc(-n2ccc(C(F)(F)F)n2)c1C(C)N. The minimum atomic E-state index is -4.47. The van der Waals surface area contributed by atoms with Crippen LogP contribution in [0.3, 0.4) is 0 Å². The molecule has 0 spiro atoms. The maximum absolute atomic E-state index is 12.6. The first-order chi connectivity index (χ1) is 9.34. The number of hydrogen-bond acceptors (Lipinski definition) is 3. The van der Waals surface area contributed by atoms with Gasteiger partial charge in [-0.1, -0.05) is 6.07 Å². The molecule has 1 aromatic heterocycles. The van der Waals surface area contributed by atoms with E-state index in [-0.39, 0.29) is 0 Å². The summed E-state index contributed by atoms with van der Waals surface area (Å²) in [7, 11) is 1.48. The van der Waals surface area contributed by atoms with Gasteiger partial charge in [0.25, 0.3) is 0 Å². The third kappa shape index (κ3) is 2.62. The lowest BCUT2D eigenvalue weighted by Gasteiger charge is -2.16. The Hall–Kier alpha value is -2.02. The van der Waals surface area contributed by atoms with Gasteiger partial charge in [0.1, 0.15) is 5.75 Å². The van der Waals surface area contributed by atoms with Gasteiger partial charge in [-0.3, -0.25) is 0 Å². The largest absolute Gasteiger partial charge is 0.496 e. The van der Waals surface area contributed by atoms with Gasteiger partial charge in [0, 0.05) is 17.8 Å². The molecule has 20 heavy (non-hydrogen) atoms. The molecule has 4 nitrogen and oxygen atoms in total. The van der Waals surface area contributed by atoms with Gasteiger partial charge in [0.05, 0.1) is 12.8 Å². The monoisotopic (exact) mass is 285 g/mol. The second-order valence-corrected chi connectivity index (χ2v) is 4.33. The Bertz CT molecular complexity index is 605. The molecule has 0 saturated carbocycles. The van der Waals surface area contributed by atoms with Gasteiger partial charge in [-0.25, -0.2) is 4.68 Å². The van der Waals surface area contributed by atoms with E-state index in [0.29, 0.717) is 17.0 Å². The Balaban J connectivity index is 2.55. The lowest BCUT2D eigenvalue weighted by molar-refractivity contribution is -0.141. The van der Waals surface area contributed by atoms with Gasteiger partial charge >= 0.3 is 6.18 Å². The van der Waals surface area contributed by atoms with E-state index in [1.54, 1.807) is 25.1 Å². The Morgan fingerprint density at radius 1 is 1.30 bits per heavy atom. The molecule has 1 atom stereocenters. The number of nitrogens with zero attached hydrogens (tertiary/aromatic N) is 2. The highest BCUT2D eigenvalue weighted by Gasteiger charge is 2.33. The quantitative estimate of drug-likeness (QED) is 0.943. The first-order valence-electron chi connectivity index (χ1n) is 5.90. The van der Waals surface area contributed by atoms with Crippen molar-refractivity contribution in [2.45, 2.75) is 19.1 Å². The highest BCUT2D eigenvalue weighted by Crippen LogP contribution is 2.32. The summed E-state index contributed by atoms with van der Waals surface area (Å²) in [6, 6.07) is 5.55. The summed E-state index contributed by atoms with van der Waals surface area (Å²) in [5, 5.41) is 3.55. The highest BCUT2D eigenvalue weighted by atomic mass is 19.4. The minimum Gasteiger partial charge on any atom is -0.496 e. The zero-order valence-corrected chi connectivity index (χ0v) is 11.0. The Morgan fingerprint density at radius 2 is 2.00 bits per heavy atom. The van der Waals surface area contributed by atoms with Gasteiger partial charge in [-0.2, -0.15) is 18.3 Å². The molecule has 0 fully saturated rings. The van der Waals surface area contributed by atoms with Crippen LogP contribution in [0.5, 0.6) is 5.75 Å². The van der Waals surface area contributed by atoms with Crippen molar-refractivity contribution in [1.82, 2.24) is 9.78 Å². The van der Waals surface area contributed by atoms with Crippen LogP contribution in [0.4, 0.5) is 13.2 Å². The summed E-state index contributed by atoms with van der Waals surface area (Å²) >= 11 is 0. The minimum absolute atomic E-state index is 0.403. The number of halogens is 3. The first kappa shape index (κ1) is 14.4. The molecule has 0 aliphatic carbocycles. The zero-order chi connectivity index (χ0) is 14.9. The van der Waals surface area contributed by atoms with Gasteiger partial charge in [0.15, 0.2) is 5.69 Å². The average Bonchev–Trinajstić information content (AvgIpc) is 2.86.